The number of pyridine rings is 1. The van der Waals surface area contributed by atoms with Crippen molar-refractivity contribution in [2.24, 2.45) is 4.99 Å². The third kappa shape index (κ3) is 2.49. The van der Waals surface area contributed by atoms with E-state index in [2.05, 4.69) is 9.98 Å². The van der Waals surface area contributed by atoms with Gasteiger partial charge in [0.1, 0.15) is 6.07 Å². The molecule has 1 heterocycles. The molecular formula is C11H11N3O. The highest BCUT2D eigenvalue weighted by molar-refractivity contribution is 5.58. The molecule has 15 heavy (non-hydrogen) atoms. The summed E-state index contributed by atoms with van der Waals surface area (Å²) >= 11 is 0. The van der Waals surface area contributed by atoms with Gasteiger partial charge in [0, 0.05) is 17.3 Å². The molecule has 0 fully saturated rings. The fourth-order valence-corrected chi connectivity index (χ4v) is 1.08. The van der Waals surface area contributed by atoms with Crippen LogP contribution in [0.5, 0.6) is 0 Å². The largest absolute Gasteiger partial charge is 0.259 e. The maximum absolute atomic E-state index is 10.2. The third-order valence-electron chi connectivity index (χ3n) is 1.94. The van der Waals surface area contributed by atoms with E-state index >= 15 is 0 Å². The van der Waals surface area contributed by atoms with Gasteiger partial charge in [0.05, 0.1) is 11.3 Å². The first kappa shape index (κ1) is 11.1. The van der Waals surface area contributed by atoms with Crippen LogP contribution < -0.4 is 0 Å². The van der Waals surface area contributed by atoms with E-state index in [1.54, 1.807) is 6.07 Å². The van der Waals surface area contributed by atoms with Gasteiger partial charge in [0.15, 0.2) is 0 Å². The van der Waals surface area contributed by atoms with Crippen molar-refractivity contribution in [1.29, 1.82) is 5.26 Å². The second kappa shape index (κ2) is 4.04. The molecule has 0 bridgehead atoms. The van der Waals surface area contributed by atoms with E-state index in [-0.39, 0.29) is 11.0 Å². The first-order chi connectivity index (χ1) is 6.99. The van der Waals surface area contributed by atoms with E-state index in [1.807, 2.05) is 26.8 Å². The molecule has 0 N–H and O–H groups in total. The van der Waals surface area contributed by atoms with Crippen LogP contribution in [0.25, 0.3) is 0 Å². The summed E-state index contributed by atoms with van der Waals surface area (Å²) in [5.41, 5.74) is 1.26. The Morgan fingerprint density at radius 3 is 2.60 bits per heavy atom. The Morgan fingerprint density at radius 2 is 2.13 bits per heavy atom. The summed E-state index contributed by atoms with van der Waals surface area (Å²) in [4.78, 5) is 17.8. The monoisotopic (exact) mass is 201 g/mol. The first-order valence-electron chi connectivity index (χ1n) is 4.47. The summed E-state index contributed by atoms with van der Waals surface area (Å²) in [6.07, 6.45) is 2.86. The number of aromatic nitrogens is 1. The van der Waals surface area contributed by atoms with Crippen LogP contribution in [0, 0.1) is 11.3 Å². The first-order valence-corrected chi connectivity index (χ1v) is 4.47. The smallest absolute Gasteiger partial charge is 0.240 e. The van der Waals surface area contributed by atoms with Crippen LogP contribution in [0.15, 0.2) is 17.3 Å². The van der Waals surface area contributed by atoms with Crippen molar-refractivity contribution in [2.75, 3.05) is 0 Å². The molecule has 0 aliphatic heterocycles. The number of nitriles is 1. The van der Waals surface area contributed by atoms with Crippen molar-refractivity contribution in [3.8, 4) is 6.07 Å². The van der Waals surface area contributed by atoms with Gasteiger partial charge in [-0.05, 0) is 6.07 Å². The highest BCUT2D eigenvalue weighted by Crippen LogP contribution is 2.25. The molecule has 4 heteroatoms. The van der Waals surface area contributed by atoms with E-state index in [9.17, 15) is 4.79 Å². The molecule has 4 nitrogen and oxygen atoms in total. The highest BCUT2D eigenvalue weighted by Gasteiger charge is 2.17. The lowest BCUT2D eigenvalue weighted by Crippen LogP contribution is -2.13. The molecule has 0 unspecified atom stereocenters. The Labute approximate surface area is 88.3 Å². The minimum atomic E-state index is -0.138. The number of aliphatic imine (C=N–C) groups is 1. The summed E-state index contributed by atoms with van der Waals surface area (Å²) in [6.45, 7) is 5.99. The predicted molar refractivity (Wildman–Crippen MR) is 55.4 cm³/mol. The molecule has 0 aromatic carbocycles. The normalized spacial score (nSPS) is 10.3. The predicted octanol–water partition coefficient (Wildman–Crippen LogP) is 2.22. The fourth-order valence-electron chi connectivity index (χ4n) is 1.08. The number of carbonyl (C=O) groups excluding carboxylic acids is 1. The van der Waals surface area contributed by atoms with Gasteiger partial charge < -0.3 is 0 Å². The van der Waals surface area contributed by atoms with Gasteiger partial charge in [-0.1, -0.05) is 20.8 Å². The molecule has 0 aliphatic rings. The summed E-state index contributed by atoms with van der Waals surface area (Å²) < 4.78 is 0. The van der Waals surface area contributed by atoms with Gasteiger partial charge in [-0.15, -0.1) is 0 Å². The fraction of sp³-hybridized carbons (Fsp3) is 0.364. The minimum absolute atomic E-state index is 0.138. The molecule has 0 atom stereocenters. The Morgan fingerprint density at radius 1 is 1.47 bits per heavy atom. The topological polar surface area (TPSA) is 66.1 Å². The molecule has 1 aromatic rings. The van der Waals surface area contributed by atoms with Crippen molar-refractivity contribution in [3.05, 3.63) is 23.5 Å². The SMILES string of the molecule is CC(C)(C)c1cc(N=C=O)c(C#N)cn1. The lowest BCUT2D eigenvalue weighted by atomic mass is 9.91. The van der Waals surface area contributed by atoms with Crippen LogP contribution in [0.2, 0.25) is 0 Å². The van der Waals surface area contributed by atoms with Gasteiger partial charge in [-0.25, -0.2) is 4.79 Å². The maximum Gasteiger partial charge on any atom is 0.240 e. The Kier molecular flexibility index (Phi) is 2.99. The van der Waals surface area contributed by atoms with Crippen LogP contribution in [-0.2, 0) is 10.2 Å². The third-order valence-corrected chi connectivity index (χ3v) is 1.94. The van der Waals surface area contributed by atoms with Crippen molar-refractivity contribution in [2.45, 2.75) is 26.2 Å². The molecule has 0 aliphatic carbocycles. The number of nitrogens with zero attached hydrogens (tertiary/aromatic N) is 3. The number of hydrogen-bond donors (Lipinski definition) is 0. The number of isocyanates is 1. The van der Waals surface area contributed by atoms with Gasteiger partial charge in [0.25, 0.3) is 0 Å². The molecule has 1 rings (SSSR count). The van der Waals surface area contributed by atoms with Crippen LogP contribution in [0.3, 0.4) is 0 Å². The lowest BCUT2D eigenvalue weighted by Gasteiger charge is -2.17. The summed E-state index contributed by atoms with van der Waals surface area (Å²) in [6, 6.07) is 3.57. The van der Waals surface area contributed by atoms with E-state index in [0.29, 0.717) is 5.69 Å². The van der Waals surface area contributed by atoms with Crippen LogP contribution >= 0.6 is 0 Å². The van der Waals surface area contributed by atoms with E-state index < -0.39 is 0 Å². The molecule has 0 saturated carbocycles. The van der Waals surface area contributed by atoms with Gasteiger partial charge in [0.2, 0.25) is 6.08 Å². The van der Waals surface area contributed by atoms with Crippen molar-refractivity contribution in [3.63, 3.8) is 0 Å². The van der Waals surface area contributed by atoms with Crippen molar-refractivity contribution < 1.29 is 4.79 Å². The second-order valence-corrected chi connectivity index (χ2v) is 4.15. The zero-order valence-electron chi connectivity index (χ0n) is 8.90. The van der Waals surface area contributed by atoms with Gasteiger partial charge in [-0.2, -0.15) is 10.3 Å². The average Bonchev–Trinajstić information content (AvgIpc) is 2.17. The van der Waals surface area contributed by atoms with Crippen LogP contribution in [0.4, 0.5) is 5.69 Å². The molecule has 1 aromatic heterocycles. The molecule has 76 valence electrons. The second-order valence-electron chi connectivity index (χ2n) is 4.15. The summed E-state index contributed by atoms with van der Waals surface area (Å²) in [5, 5.41) is 8.76. The van der Waals surface area contributed by atoms with Crippen LogP contribution in [0.1, 0.15) is 32.0 Å². The van der Waals surface area contributed by atoms with Crippen molar-refractivity contribution >= 4 is 11.8 Å². The van der Waals surface area contributed by atoms with Crippen LogP contribution in [-0.4, -0.2) is 11.1 Å². The summed E-state index contributed by atoms with van der Waals surface area (Å²) in [7, 11) is 0. The molecular weight excluding hydrogens is 190 g/mol. The number of hydrogen-bond acceptors (Lipinski definition) is 4. The lowest BCUT2D eigenvalue weighted by molar-refractivity contribution is 0.564. The van der Waals surface area contributed by atoms with Gasteiger partial charge in [-0.3, -0.25) is 4.98 Å². The van der Waals surface area contributed by atoms with E-state index in [1.165, 1.54) is 12.3 Å². The highest BCUT2D eigenvalue weighted by atomic mass is 16.1. The average molecular weight is 201 g/mol. The molecule has 0 spiro atoms. The van der Waals surface area contributed by atoms with Crippen molar-refractivity contribution in [1.82, 2.24) is 4.98 Å². The zero-order chi connectivity index (χ0) is 11.5. The minimum Gasteiger partial charge on any atom is -0.259 e. The number of rotatable bonds is 1. The standard InChI is InChI=1S/C11H11N3O/c1-11(2,3)10-4-9(14-7-15)8(5-12)6-13-10/h4,6H,1-3H3. The Hall–Kier alpha value is -1.98. The zero-order valence-corrected chi connectivity index (χ0v) is 8.90. The molecule has 0 amide bonds. The van der Waals surface area contributed by atoms with E-state index in [4.69, 9.17) is 5.26 Å². The maximum atomic E-state index is 10.2. The molecule has 0 radical (unpaired) electrons. The Balaban J connectivity index is 3.36. The van der Waals surface area contributed by atoms with Gasteiger partial charge >= 0.3 is 0 Å². The van der Waals surface area contributed by atoms with E-state index in [0.717, 1.165) is 5.69 Å². The molecule has 0 saturated heterocycles. The summed E-state index contributed by atoms with van der Waals surface area (Å²) in [5.74, 6) is 0. The Bertz CT molecular complexity index is 460. The quantitative estimate of drug-likeness (QED) is 0.516.